The Hall–Kier alpha value is -2.41. The van der Waals surface area contributed by atoms with E-state index >= 15 is 0 Å². The first-order valence-corrected chi connectivity index (χ1v) is 7.35. The first-order valence-electron chi connectivity index (χ1n) is 6.57. The lowest BCUT2D eigenvalue weighted by Crippen LogP contribution is -2.05. The van der Waals surface area contributed by atoms with Crippen LogP contribution >= 0.6 is 11.5 Å². The van der Waals surface area contributed by atoms with Crippen LogP contribution in [0.25, 0.3) is 11.1 Å². The number of anilines is 2. The van der Waals surface area contributed by atoms with Crippen molar-refractivity contribution in [2.75, 3.05) is 17.6 Å². The Morgan fingerprint density at radius 2 is 2.10 bits per heavy atom. The Kier molecular flexibility index (Phi) is 3.83. The molecule has 108 valence electrons. The fourth-order valence-electron chi connectivity index (χ4n) is 2.04. The maximum absolute atomic E-state index is 5.98. The smallest absolute Gasteiger partial charge is 0.223 e. The molecule has 7 heteroatoms. The molecule has 0 amide bonds. The van der Waals surface area contributed by atoms with Gasteiger partial charge in [0.2, 0.25) is 5.89 Å². The summed E-state index contributed by atoms with van der Waals surface area (Å²) in [5.74, 6) is 1.82. The van der Waals surface area contributed by atoms with Crippen molar-refractivity contribution in [2.24, 2.45) is 0 Å². The minimum absolute atomic E-state index is 0.545. The van der Waals surface area contributed by atoms with Gasteiger partial charge in [0.25, 0.3) is 0 Å². The molecule has 3 rings (SSSR count). The zero-order valence-electron chi connectivity index (χ0n) is 11.5. The molecule has 2 aromatic heterocycles. The normalized spacial score (nSPS) is 10.7. The molecule has 6 nitrogen and oxygen atoms in total. The number of aryl methyl sites for hydroxylation is 1. The van der Waals surface area contributed by atoms with Crippen LogP contribution in [0.5, 0.6) is 0 Å². The standard InChI is InChI=1S/C14H15N5OS/c1-9-17-11(18-20-9)7-8-16-14-12(13(15)19-21-14)10-5-3-2-4-6-10/h2-6,16H,7-8H2,1H3,(H2,15,19). The summed E-state index contributed by atoms with van der Waals surface area (Å²) in [5, 5.41) is 8.17. The summed E-state index contributed by atoms with van der Waals surface area (Å²) in [6.07, 6.45) is 0.684. The molecule has 0 radical (unpaired) electrons. The summed E-state index contributed by atoms with van der Waals surface area (Å²) in [6, 6.07) is 9.99. The quantitative estimate of drug-likeness (QED) is 0.753. The fraction of sp³-hybridized carbons (Fsp3) is 0.214. The number of nitrogens with zero attached hydrogens (tertiary/aromatic N) is 3. The van der Waals surface area contributed by atoms with E-state index in [1.165, 1.54) is 11.5 Å². The van der Waals surface area contributed by atoms with Crippen molar-refractivity contribution < 1.29 is 4.52 Å². The number of nitrogens with two attached hydrogens (primary N) is 1. The monoisotopic (exact) mass is 301 g/mol. The van der Waals surface area contributed by atoms with Gasteiger partial charge in [-0.25, -0.2) is 0 Å². The van der Waals surface area contributed by atoms with Crippen molar-refractivity contribution in [2.45, 2.75) is 13.3 Å². The highest BCUT2D eigenvalue weighted by molar-refractivity contribution is 7.11. The summed E-state index contributed by atoms with van der Waals surface area (Å²) < 4.78 is 9.18. The molecule has 0 unspecified atom stereocenters. The van der Waals surface area contributed by atoms with Crippen LogP contribution in [-0.2, 0) is 6.42 Å². The van der Waals surface area contributed by atoms with Crippen molar-refractivity contribution >= 4 is 22.4 Å². The maximum Gasteiger partial charge on any atom is 0.223 e. The number of rotatable bonds is 5. The van der Waals surface area contributed by atoms with Gasteiger partial charge in [0.05, 0.1) is 5.56 Å². The molecular formula is C14H15N5OS. The third-order valence-electron chi connectivity index (χ3n) is 2.98. The van der Waals surface area contributed by atoms with E-state index in [1.807, 2.05) is 30.3 Å². The minimum Gasteiger partial charge on any atom is -0.382 e. The van der Waals surface area contributed by atoms with Crippen LogP contribution in [0.15, 0.2) is 34.9 Å². The second-order valence-electron chi connectivity index (χ2n) is 4.54. The Bertz CT molecular complexity index is 722. The van der Waals surface area contributed by atoms with Crippen LogP contribution < -0.4 is 11.1 Å². The van der Waals surface area contributed by atoms with Crippen molar-refractivity contribution in [1.29, 1.82) is 0 Å². The van der Waals surface area contributed by atoms with Crippen LogP contribution in [0, 0.1) is 6.92 Å². The lowest BCUT2D eigenvalue weighted by molar-refractivity contribution is 0.387. The van der Waals surface area contributed by atoms with Crippen LogP contribution in [0.3, 0.4) is 0 Å². The van der Waals surface area contributed by atoms with E-state index in [9.17, 15) is 0 Å². The second kappa shape index (κ2) is 5.92. The third kappa shape index (κ3) is 3.03. The van der Waals surface area contributed by atoms with Gasteiger partial charge in [0, 0.05) is 19.9 Å². The Balaban J connectivity index is 1.72. The number of nitrogens with one attached hydrogen (secondary N) is 1. The maximum atomic E-state index is 5.98. The molecule has 2 heterocycles. The molecule has 0 atom stereocenters. The summed E-state index contributed by atoms with van der Waals surface area (Å²) >= 11 is 1.36. The van der Waals surface area contributed by atoms with Crippen molar-refractivity contribution in [3.63, 3.8) is 0 Å². The van der Waals surface area contributed by atoms with Crippen molar-refractivity contribution in [3.8, 4) is 11.1 Å². The summed E-state index contributed by atoms with van der Waals surface area (Å²) in [5.41, 5.74) is 7.99. The van der Waals surface area contributed by atoms with Crippen LogP contribution in [0.2, 0.25) is 0 Å². The predicted molar refractivity (Wildman–Crippen MR) is 83.2 cm³/mol. The summed E-state index contributed by atoms with van der Waals surface area (Å²) in [4.78, 5) is 4.17. The highest BCUT2D eigenvalue weighted by Crippen LogP contribution is 2.36. The third-order valence-corrected chi connectivity index (χ3v) is 3.80. The van der Waals surface area contributed by atoms with Gasteiger partial charge in [-0.2, -0.15) is 9.36 Å². The highest BCUT2D eigenvalue weighted by Gasteiger charge is 2.13. The molecule has 0 bridgehead atoms. The molecule has 3 N–H and O–H groups in total. The van der Waals surface area contributed by atoms with E-state index < -0.39 is 0 Å². The summed E-state index contributed by atoms with van der Waals surface area (Å²) in [7, 11) is 0. The molecule has 0 aliphatic heterocycles. The molecular weight excluding hydrogens is 286 g/mol. The van der Waals surface area contributed by atoms with Gasteiger partial charge in [-0.05, 0) is 17.1 Å². The average Bonchev–Trinajstić information content (AvgIpc) is 3.06. The first-order chi connectivity index (χ1) is 10.2. The van der Waals surface area contributed by atoms with E-state index in [0.717, 1.165) is 16.1 Å². The molecule has 0 aliphatic carbocycles. The molecule has 1 aromatic carbocycles. The van der Waals surface area contributed by atoms with Crippen LogP contribution in [0.1, 0.15) is 11.7 Å². The molecule has 0 saturated heterocycles. The molecule has 0 saturated carbocycles. The second-order valence-corrected chi connectivity index (χ2v) is 5.32. The van der Waals surface area contributed by atoms with E-state index in [0.29, 0.717) is 30.5 Å². The zero-order chi connectivity index (χ0) is 14.7. The molecule has 3 aromatic rings. The highest BCUT2D eigenvalue weighted by atomic mass is 32.1. The van der Waals surface area contributed by atoms with Crippen LogP contribution in [0.4, 0.5) is 10.8 Å². The first kappa shape index (κ1) is 13.6. The number of nitrogen functional groups attached to an aromatic ring is 1. The number of benzene rings is 1. The van der Waals surface area contributed by atoms with E-state index in [1.54, 1.807) is 6.92 Å². The van der Waals surface area contributed by atoms with Crippen LogP contribution in [-0.4, -0.2) is 21.1 Å². The number of aromatic nitrogens is 3. The van der Waals surface area contributed by atoms with Gasteiger partial charge in [0.15, 0.2) is 5.82 Å². The van der Waals surface area contributed by atoms with E-state index in [4.69, 9.17) is 10.3 Å². The van der Waals surface area contributed by atoms with Gasteiger partial charge in [-0.3, -0.25) is 0 Å². The van der Waals surface area contributed by atoms with Gasteiger partial charge in [0.1, 0.15) is 10.8 Å². The Labute approximate surface area is 126 Å². The Morgan fingerprint density at radius 3 is 2.81 bits per heavy atom. The van der Waals surface area contributed by atoms with Gasteiger partial charge < -0.3 is 15.6 Å². The van der Waals surface area contributed by atoms with E-state index in [-0.39, 0.29) is 0 Å². The number of hydrogen-bond acceptors (Lipinski definition) is 7. The average molecular weight is 301 g/mol. The largest absolute Gasteiger partial charge is 0.382 e. The lowest BCUT2D eigenvalue weighted by atomic mass is 10.1. The molecule has 0 spiro atoms. The van der Waals surface area contributed by atoms with Crippen molar-refractivity contribution in [1.82, 2.24) is 14.5 Å². The molecule has 0 fully saturated rings. The lowest BCUT2D eigenvalue weighted by Gasteiger charge is -2.06. The van der Waals surface area contributed by atoms with E-state index in [2.05, 4.69) is 19.8 Å². The predicted octanol–water partition coefficient (Wildman–Crippen LogP) is 2.74. The fourth-order valence-corrected chi connectivity index (χ4v) is 2.80. The molecule has 0 aliphatic rings. The minimum atomic E-state index is 0.545. The van der Waals surface area contributed by atoms with Gasteiger partial charge in [-0.1, -0.05) is 35.5 Å². The van der Waals surface area contributed by atoms with Gasteiger partial charge in [-0.15, -0.1) is 0 Å². The Morgan fingerprint density at radius 1 is 1.29 bits per heavy atom. The van der Waals surface area contributed by atoms with Crippen molar-refractivity contribution in [3.05, 3.63) is 42.0 Å². The zero-order valence-corrected chi connectivity index (χ0v) is 12.4. The topological polar surface area (TPSA) is 89.9 Å². The molecule has 21 heavy (non-hydrogen) atoms. The SMILES string of the molecule is Cc1nc(CCNc2snc(N)c2-c2ccccc2)no1. The number of hydrogen-bond donors (Lipinski definition) is 2. The van der Waals surface area contributed by atoms with Gasteiger partial charge >= 0.3 is 0 Å². The summed E-state index contributed by atoms with van der Waals surface area (Å²) in [6.45, 7) is 2.47.